The van der Waals surface area contributed by atoms with Crippen LogP contribution in [-0.2, 0) is 0 Å². The van der Waals surface area contributed by atoms with E-state index in [4.69, 9.17) is 0 Å². The van der Waals surface area contributed by atoms with E-state index in [1.165, 1.54) is 12.8 Å². The van der Waals surface area contributed by atoms with Crippen LogP contribution in [0, 0.1) is 11.8 Å². The van der Waals surface area contributed by atoms with E-state index in [9.17, 15) is 5.11 Å². The summed E-state index contributed by atoms with van der Waals surface area (Å²) in [5, 5.41) is 16.8. The summed E-state index contributed by atoms with van der Waals surface area (Å²) in [4.78, 5) is 0. The van der Waals surface area contributed by atoms with Gasteiger partial charge >= 0.3 is 0 Å². The summed E-state index contributed by atoms with van der Waals surface area (Å²) < 4.78 is 0. The van der Waals surface area contributed by atoms with E-state index in [0.717, 1.165) is 25.4 Å². The molecule has 3 nitrogen and oxygen atoms in total. The minimum absolute atomic E-state index is 0.243. The van der Waals surface area contributed by atoms with Crippen LogP contribution in [0.1, 0.15) is 40.0 Å². The summed E-state index contributed by atoms with van der Waals surface area (Å²) in [6, 6.07) is 0.290. The SMILES string of the molecule is CCC1CCNC(C(O)CNCC(C)C)C1. The molecule has 0 saturated carbocycles. The lowest BCUT2D eigenvalue weighted by Gasteiger charge is -2.33. The Kier molecular flexibility index (Phi) is 6.32. The zero-order valence-electron chi connectivity index (χ0n) is 11.0. The molecule has 1 rings (SSSR count). The Bertz CT molecular complexity index is 185. The maximum Gasteiger partial charge on any atom is 0.0817 e. The van der Waals surface area contributed by atoms with Gasteiger partial charge in [-0.2, -0.15) is 0 Å². The third kappa shape index (κ3) is 4.81. The average molecular weight is 228 g/mol. The molecular formula is C13H28N2O. The van der Waals surface area contributed by atoms with Crippen LogP contribution in [-0.4, -0.2) is 36.9 Å². The van der Waals surface area contributed by atoms with Gasteiger partial charge in [-0.3, -0.25) is 0 Å². The van der Waals surface area contributed by atoms with Gasteiger partial charge in [0.2, 0.25) is 0 Å². The van der Waals surface area contributed by atoms with E-state index < -0.39 is 0 Å². The second-order valence-electron chi connectivity index (χ2n) is 5.48. The zero-order chi connectivity index (χ0) is 12.0. The molecule has 0 aromatic rings. The van der Waals surface area contributed by atoms with Crippen molar-refractivity contribution in [3.8, 4) is 0 Å². The van der Waals surface area contributed by atoms with Crippen molar-refractivity contribution in [2.75, 3.05) is 19.6 Å². The van der Waals surface area contributed by atoms with Crippen molar-refractivity contribution in [2.45, 2.75) is 52.2 Å². The van der Waals surface area contributed by atoms with Gasteiger partial charge in [-0.1, -0.05) is 27.2 Å². The van der Waals surface area contributed by atoms with Gasteiger partial charge < -0.3 is 15.7 Å². The second-order valence-corrected chi connectivity index (χ2v) is 5.48. The number of hydrogen-bond acceptors (Lipinski definition) is 3. The highest BCUT2D eigenvalue weighted by Gasteiger charge is 2.25. The molecule has 96 valence electrons. The normalized spacial score (nSPS) is 28.3. The highest BCUT2D eigenvalue weighted by Crippen LogP contribution is 2.20. The highest BCUT2D eigenvalue weighted by atomic mass is 16.3. The molecule has 1 heterocycles. The average Bonchev–Trinajstić information content (AvgIpc) is 2.28. The van der Waals surface area contributed by atoms with Gasteiger partial charge in [0.1, 0.15) is 0 Å². The lowest BCUT2D eigenvalue weighted by Crippen LogP contribution is -2.49. The fourth-order valence-corrected chi connectivity index (χ4v) is 2.36. The van der Waals surface area contributed by atoms with Gasteiger partial charge in [0, 0.05) is 12.6 Å². The van der Waals surface area contributed by atoms with Crippen molar-refractivity contribution >= 4 is 0 Å². The van der Waals surface area contributed by atoms with Crippen molar-refractivity contribution in [2.24, 2.45) is 11.8 Å². The largest absolute Gasteiger partial charge is 0.390 e. The minimum Gasteiger partial charge on any atom is -0.390 e. The second kappa shape index (κ2) is 7.25. The molecule has 0 spiro atoms. The number of rotatable bonds is 6. The molecule has 3 atom stereocenters. The van der Waals surface area contributed by atoms with Crippen LogP contribution in [0.4, 0.5) is 0 Å². The van der Waals surface area contributed by atoms with Gasteiger partial charge in [0.25, 0.3) is 0 Å². The van der Waals surface area contributed by atoms with Crippen LogP contribution in [0.2, 0.25) is 0 Å². The molecular weight excluding hydrogens is 200 g/mol. The maximum atomic E-state index is 10.1. The van der Waals surface area contributed by atoms with E-state index in [1.54, 1.807) is 0 Å². The summed E-state index contributed by atoms with van der Waals surface area (Å²) >= 11 is 0. The number of aliphatic hydroxyl groups excluding tert-OH is 1. The molecule has 16 heavy (non-hydrogen) atoms. The molecule has 0 aromatic heterocycles. The van der Waals surface area contributed by atoms with Crippen LogP contribution < -0.4 is 10.6 Å². The van der Waals surface area contributed by atoms with E-state index in [1.807, 2.05) is 0 Å². The summed E-state index contributed by atoms with van der Waals surface area (Å²) in [5.74, 6) is 1.45. The third-order valence-corrected chi connectivity index (χ3v) is 3.49. The van der Waals surface area contributed by atoms with Gasteiger partial charge in [-0.15, -0.1) is 0 Å². The number of piperidine rings is 1. The predicted octanol–water partition coefficient (Wildman–Crippen LogP) is 1.37. The Balaban J connectivity index is 2.21. The smallest absolute Gasteiger partial charge is 0.0817 e. The molecule has 3 heteroatoms. The lowest BCUT2D eigenvalue weighted by molar-refractivity contribution is 0.0960. The molecule has 0 amide bonds. The molecule has 0 radical (unpaired) electrons. The zero-order valence-corrected chi connectivity index (χ0v) is 11.0. The Morgan fingerprint density at radius 2 is 2.12 bits per heavy atom. The fraction of sp³-hybridized carbons (Fsp3) is 1.00. The highest BCUT2D eigenvalue weighted by molar-refractivity contribution is 4.84. The third-order valence-electron chi connectivity index (χ3n) is 3.49. The van der Waals surface area contributed by atoms with Crippen LogP contribution in [0.25, 0.3) is 0 Å². The Hall–Kier alpha value is -0.120. The lowest BCUT2D eigenvalue weighted by atomic mass is 9.88. The molecule has 1 aliphatic rings. The number of hydrogen-bond donors (Lipinski definition) is 3. The Morgan fingerprint density at radius 1 is 1.38 bits per heavy atom. The summed E-state index contributed by atoms with van der Waals surface area (Å²) in [5.41, 5.74) is 0. The van der Waals surface area contributed by atoms with Crippen molar-refractivity contribution in [3.63, 3.8) is 0 Å². The van der Waals surface area contributed by atoms with E-state index in [0.29, 0.717) is 18.5 Å². The van der Waals surface area contributed by atoms with Crippen molar-refractivity contribution in [3.05, 3.63) is 0 Å². The molecule has 3 N–H and O–H groups in total. The van der Waals surface area contributed by atoms with Crippen LogP contribution in [0.3, 0.4) is 0 Å². The van der Waals surface area contributed by atoms with Crippen molar-refractivity contribution in [1.82, 2.24) is 10.6 Å². The molecule has 0 bridgehead atoms. The molecule has 1 aliphatic heterocycles. The van der Waals surface area contributed by atoms with Gasteiger partial charge in [0.05, 0.1) is 6.10 Å². The molecule has 1 fully saturated rings. The van der Waals surface area contributed by atoms with Crippen molar-refractivity contribution < 1.29 is 5.11 Å². The van der Waals surface area contributed by atoms with E-state index in [2.05, 4.69) is 31.4 Å². The summed E-state index contributed by atoms with van der Waals surface area (Å²) in [6.45, 7) is 9.38. The quantitative estimate of drug-likeness (QED) is 0.643. The minimum atomic E-state index is -0.243. The first kappa shape index (κ1) is 13.9. The maximum absolute atomic E-state index is 10.1. The first-order valence-corrected chi connectivity index (χ1v) is 6.75. The molecule has 3 unspecified atom stereocenters. The monoisotopic (exact) mass is 228 g/mol. The molecule has 0 aliphatic carbocycles. The van der Waals surface area contributed by atoms with E-state index >= 15 is 0 Å². The fourth-order valence-electron chi connectivity index (χ4n) is 2.36. The molecule has 1 saturated heterocycles. The van der Waals surface area contributed by atoms with Gasteiger partial charge in [0.15, 0.2) is 0 Å². The molecule has 0 aromatic carbocycles. The van der Waals surface area contributed by atoms with Crippen molar-refractivity contribution in [1.29, 1.82) is 0 Å². The first-order valence-electron chi connectivity index (χ1n) is 6.75. The summed E-state index contributed by atoms with van der Waals surface area (Å²) in [7, 11) is 0. The number of nitrogens with one attached hydrogen (secondary N) is 2. The topological polar surface area (TPSA) is 44.3 Å². The van der Waals surface area contributed by atoms with Gasteiger partial charge in [-0.25, -0.2) is 0 Å². The van der Waals surface area contributed by atoms with Crippen LogP contribution in [0.5, 0.6) is 0 Å². The first-order chi connectivity index (χ1) is 7.63. The van der Waals surface area contributed by atoms with Gasteiger partial charge in [-0.05, 0) is 37.8 Å². The Morgan fingerprint density at radius 3 is 2.75 bits per heavy atom. The number of aliphatic hydroxyl groups is 1. The van der Waals surface area contributed by atoms with Crippen LogP contribution in [0.15, 0.2) is 0 Å². The predicted molar refractivity (Wildman–Crippen MR) is 68.5 cm³/mol. The van der Waals surface area contributed by atoms with Crippen LogP contribution >= 0.6 is 0 Å². The standard InChI is InChI=1S/C13H28N2O/c1-4-11-5-6-15-12(7-11)13(16)9-14-8-10(2)3/h10-16H,4-9H2,1-3H3. The van der Waals surface area contributed by atoms with E-state index in [-0.39, 0.29) is 6.10 Å². The Labute approximate surface area is 100 Å². The summed E-state index contributed by atoms with van der Waals surface area (Å²) in [6.07, 6.45) is 3.39.